The van der Waals surface area contributed by atoms with Crippen LogP contribution in [0.3, 0.4) is 0 Å². The topological polar surface area (TPSA) is 59.0 Å². The second-order valence-corrected chi connectivity index (χ2v) is 5.39. The molecule has 1 aliphatic heterocycles. The molecule has 1 amide bonds. The molecular weight excluding hydrogens is 345 g/mol. The molecule has 0 aliphatic carbocycles. The number of aromatic nitrogens is 2. The Morgan fingerprint density at radius 1 is 1.57 bits per heavy atom. The van der Waals surface area contributed by atoms with Gasteiger partial charge in [-0.05, 0) is 0 Å². The zero-order chi connectivity index (χ0) is 13.7. The van der Waals surface area contributed by atoms with E-state index in [1.807, 2.05) is 11.8 Å². The van der Waals surface area contributed by atoms with Crippen LogP contribution in [0.5, 0.6) is 0 Å². The fraction of sp³-hybridized carbons (Fsp3) is 0.636. The molecule has 1 unspecified atom stereocenters. The van der Waals surface area contributed by atoms with E-state index in [1.165, 1.54) is 12.4 Å². The van der Waals surface area contributed by atoms with Crippen molar-refractivity contribution in [1.82, 2.24) is 20.2 Å². The van der Waals surface area contributed by atoms with Gasteiger partial charge < -0.3 is 10.6 Å². The highest BCUT2D eigenvalue weighted by Crippen LogP contribution is 2.12. The van der Waals surface area contributed by atoms with Crippen LogP contribution in [0.1, 0.15) is 18.8 Å². The predicted octanol–water partition coefficient (Wildman–Crippen LogP) is 1.83. The van der Waals surface area contributed by atoms with Crippen LogP contribution in [0.15, 0.2) is 12.4 Å². The van der Waals surface area contributed by atoms with Crippen molar-refractivity contribution in [1.29, 1.82) is 0 Å². The number of carbonyl (C=O) groups excluding carboxylic acids is 1. The monoisotopic (exact) mass is 362 g/mol. The Balaban J connectivity index is 0.00000200. The third kappa shape index (κ3) is 6.37. The third-order valence-electron chi connectivity index (χ3n) is 2.83. The molecule has 1 fully saturated rings. The van der Waals surface area contributed by atoms with Gasteiger partial charge in [-0.3, -0.25) is 9.36 Å². The van der Waals surface area contributed by atoms with Crippen LogP contribution >= 0.6 is 36.6 Å². The van der Waals surface area contributed by atoms with E-state index < -0.39 is 6.55 Å². The molecular formula is C11H18Cl2F2N4OS. The molecule has 1 aromatic rings. The summed E-state index contributed by atoms with van der Waals surface area (Å²) in [6, 6.07) is 0.161. The van der Waals surface area contributed by atoms with E-state index in [4.69, 9.17) is 0 Å². The lowest BCUT2D eigenvalue weighted by Crippen LogP contribution is -2.41. The normalized spacial score (nSPS) is 17.8. The molecule has 5 nitrogen and oxygen atoms in total. The maximum absolute atomic E-state index is 12.6. The Morgan fingerprint density at radius 3 is 2.95 bits per heavy atom. The number of halogens is 4. The lowest BCUT2D eigenvalue weighted by molar-refractivity contribution is -0.121. The van der Waals surface area contributed by atoms with Crippen molar-refractivity contribution in [3.8, 4) is 0 Å². The molecule has 2 rings (SSSR count). The number of rotatable bonds is 5. The van der Waals surface area contributed by atoms with E-state index in [9.17, 15) is 13.6 Å². The summed E-state index contributed by atoms with van der Waals surface area (Å²) >= 11 is 1.81. The number of hydrogen-bond acceptors (Lipinski definition) is 4. The maximum atomic E-state index is 12.6. The van der Waals surface area contributed by atoms with Gasteiger partial charge in [-0.2, -0.15) is 20.5 Å². The molecule has 2 heterocycles. The first-order valence-electron chi connectivity index (χ1n) is 6.04. The number of nitrogens with zero attached hydrogens (tertiary/aromatic N) is 2. The van der Waals surface area contributed by atoms with Gasteiger partial charge in [0.2, 0.25) is 5.91 Å². The largest absolute Gasteiger partial charge is 0.349 e. The Morgan fingerprint density at radius 2 is 2.33 bits per heavy atom. The van der Waals surface area contributed by atoms with Gasteiger partial charge in [-0.1, -0.05) is 0 Å². The van der Waals surface area contributed by atoms with E-state index in [0.717, 1.165) is 22.6 Å². The summed E-state index contributed by atoms with van der Waals surface area (Å²) in [6.07, 6.45) is 2.86. The van der Waals surface area contributed by atoms with Crippen LogP contribution in [-0.2, 0) is 11.3 Å². The van der Waals surface area contributed by atoms with Crippen molar-refractivity contribution in [2.24, 2.45) is 0 Å². The minimum Gasteiger partial charge on any atom is -0.349 e. The first-order chi connectivity index (χ1) is 9.16. The molecule has 2 N–H and O–H groups in total. The zero-order valence-corrected chi connectivity index (χ0v) is 13.6. The first kappa shape index (κ1) is 20.4. The number of thioether (sulfide) groups is 1. The lowest BCUT2D eigenvalue weighted by atomic mass is 10.2. The second kappa shape index (κ2) is 10.2. The summed E-state index contributed by atoms with van der Waals surface area (Å²) in [5.74, 6) is 1.97. The molecule has 122 valence electrons. The van der Waals surface area contributed by atoms with Crippen molar-refractivity contribution in [3.05, 3.63) is 18.2 Å². The summed E-state index contributed by atoms with van der Waals surface area (Å²) in [5, 5.41) is 5.87. The van der Waals surface area contributed by atoms with Crippen molar-refractivity contribution >= 4 is 42.5 Å². The standard InChI is InChI=1S/C11H16F2N4OS.2ClH/c12-11(13)17-3-1-15-9(17)6-16-10(18)5-8-7-19-4-2-14-8;;/h1,3,8,11,14H,2,4-7H2,(H,16,18);2*1H. The molecule has 0 bridgehead atoms. The fourth-order valence-corrected chi connectivity index (χ4v) is 2.83. The van der Waals surface area contributed by atoms with E-state index in [1.54, 1.807) is 0 Å². The number of imidazole rings is 1. The van der Waals surface area contributed by atoms with Gasteiger partial charge in [0.05, 0.1) is 6.54 Å². The van der Waals surface area contributed by atoms with Crippen molar-refractivity contribution in [2.45, 2.75) is 25.6 Å². The average molecular weight is 363 g/mol. The SMILES string of the molecule is Cl.Cl.O=C(CC1CSCCN1)NCc1nccn1C(F)F. The minimum atomic E-state index is -2.63. The molecule has 1 aliphatic rings. The van der Waals surface area contributed by atoms with Crippen LogP contribution in [0.4, 0.5) is 8.78 Å². The van der Waals surface area contributed by atoms with E-state index in [0.29, 0.717) is 6.42 Å². The second-order valence-electron chi connectivity index (χ2n) is 4.24. The highest BCUT2D eigenvalue weighted by atomic mass is 35.5. The summed E-state index contributed by atoms with van der Waals surface area (Å²) in [5.41, 5.74) is 0. The number of hydrogen-bond donors (Lipinski definition) is 2. The number of carbonyl (C=O) groups is 1. The fourth-order valence-electron chi connectivity index (χ4n) is 1.88. The molecule has 10 heteroatoms. The zero-order valence-electron chi connectivity index (χ0n) is 11.1. The van der Waals surface area contributed by atoms with Crippen molar-refractivity contribution < 1.29 is 13.6 Å². The molecule has 0 aromatic carbocycles. The molecule has 1 saturated heterocycles. The van der Waals surface area contributed by atoms with Gasteiger partial charge in [0, 0.05) is 42.9 Å². The third-order valence-corrected chi connectivity index (χ3v) is 3.96. The van der Waals surface area contributed by atoms with E-state index >= 15 is 0 Å². The highest BCUT2D eigenvalue weighted by molar-refractivity contribution is 7.99. The molecule has 0 radical (unpaired) electrons. The Kier molecular flexibility index (Phi) is 9.93. The maximum Gasteiger partial charge on any atom is 0.319 e. The average Bonchev–Trinajstić information content (AvgIpc) is 2.86. The number of amides is 1. The summed E-state index contributed by atoms with van der Waals surface area (Å²) < 4.78 is 25.9. The molecule has 21 heavy (non-hydrogen) atoms. The summed E-state index contributed by atoms with van der Waals surface area (Å²) in [7, 11) is 0. The van der Waals surface area contributed by atoms with Crippen molar-refractivity contribution in [3.63, 3.8) is 0 Å². The van der Waals surface area contributed by atoms with E-state index in [2.05, 4.69) is 15.6 Å². The number of alkyl halides is 2. The Bertz CT molecular complexity index is 430. The van der Waals surface area contributed by atoms with Crippen LogP contribution in [0.25, 0.3) is 0 Å². The Hall–Kier alpha value is -0.570. The highest BCUT2D eigenvalue weighted by Gasteiger charge is 2.17. The van der Waals surface area contributed by atoms with Crippen LogP contribution < -0.4 is 10.6 Å². The minimum absolute atomic E-state index is 0. The summed E-state index contributed by atoms with van der Waals surface area (Å²) in [4.78, 5) is 15.5. The van der Waals surface area contributed by atoms with Gasteiger partial charge in [0.15, 0.2) is 0 Å². The van der Waals surface area contributed by atoms with Gasteiger partial charge in [0.25, 0.3) is 0 Å². The predicted molar refractivity (Wildman–Crippen MR) is 83.6 cm³/mol. The summed E-state index contributed by atoms with van der Waals surface area (Å²) in [6.45, 7) is -1.71. The van der Waals surface area contributed by atoms with E-state index in [-0.39, 0.29) is 49.1 Å². The molecule has 0 spiro atoms. The first-order valence-corrected chi connectivity index (χ1v) is 7.20. The van der Waals surface area contributed by atoms with Gasteiger partial charge in [-0.25, -0.2) is 4.98 Å². The Labute approximate surface area is 138 Å². The smallest absolute Gasteiger partial charge is 0.319 e. The van der Waals surface area contributed by atoms with Crippen molar-refractivity contribution in [2.75, 3.05) is 18.1 Å². The van der Waals surface area contributed by atoms with Gasteiger partial charge in [0.1, 0.15) is 5.82 Å². The quantitative estimate of drug-likeness (QED) is 0.838. The molecule has 1 atom stereocenters. The molecule has 1 aromatic heterocycles. The van der Waals surface area contributed by atoms with Gasteiger partial charge in [-0.15, -0.1) is 24.8 Å². The van der Waals surface area contributed by atoms with Crippen LogP contribution in [-0.4, -0.2) is 39.6 Å². The lowest BCUT2D eigenvalue weighted by Gasteiger charge is -2.22. The number of nitrogens with one attached hydrogen (secondary N) is 2. The van der Waals surface area contributed by atoms with Crippen LogP contribution in [0.2, 0.25) is 0 Å². The molecule has 0 saturated carbocycles. The van der Waals surface area contributed by atoms with Crippen LogP contribution in [0, 0.1) is 0 Å². The van der Waals surface area contributed by atoms with Gasteiger partial charge >= 0.3 is 6.55 Å².